The summed E-state index contributed by atoms with van der Waals surface area (Å²) in [6, 6.07) is -1.28. The Balaban J connectivity index is 2.39. The summed E-state index contributed by atoms with van der Waals surface area (Å²) in [6.45, 7) is 11.3. The van der Waals surface area contributed by atoms with Crippen molar-refractivity contribution in [3.05, 3.63) is 0 Å². The number of carbonyl (C=O) groups is 5. The van der Waals surface area contributed by atoms with E-state index in [4.69, 9.17) is 0 Å². The molecule has 0 spiro atoms. The molecule has 8 nitrogen and oxygen atoms in total. The van der Waals surface area contributed by atoms with Crippen molar-refractivity contribution < 1.29 is 24.0 Å². The maximum atomic E-state index is 12.5. The summed E-state index contributed by atoms with van der Waals surface area (Å²) in [4.78, 5) is 62.2. The molecule has 1 unspecified atom stereocenters. The number of Topliss-reactive ketones (excluding diaryl/α,β-unsaturated/α-hetero) is 1. The average molecular weight is 438 g/mol. The topological polar surface area (TPSA) is 113 Å². The largest absolute Gasteiger partial charge is 0.345 e. The lowest BCUT2D eigenvalue weighted by Gasteiger charge is -2.23. The second kappa shape index (κ2) is 12.6. The van der Waals surface area contributed by atoms with Crippen LogP contribution in [0.15, 0.2) is 0 Å². The Kier molecular flexibility index (Phi) is 10.9. The first-order valence-electron chi connectivity index (χ1n) is 11.5. The molecule has 0 aliphatic carbocycles. The van der Waals surface area contributed by atoms with Crippen molar-refractivity contribution in [2.24, 2.45) is 17.8 Å². The molecule has 31 heavy (non-hydrogen) atoms. The van der Waals surface area contributed by atoms with Crippen molar-refractivity contribution in [1.82, 2.24) is 15.5 Å². The van der Waals surface area contributed by atoms with Crippen LogP contribution < -0.4 is 10.6 Å². The Morgan fingerprint density at radius 1 is 1.00 bits per heavy atom. The summed E-state index contributed by atoms with van der Waals surface area (Å²) in [6.07, 6.45) is 2.86. The van der Waals surface area contributed by atoms with Gasteiger partial charge in [-0.15, -0.1) is 0 Å². The second-order valence-corrected chi connectivity index (χ2v) is 9.09. The molecular formula is C23H39N3O5. The van der Waals surface area contributed by atoms with E-state index >= 15 is 0 Å². The number of rotatable bonds is 13. The van der Waals surface area contributed by atoms with Crippen LogP contribution in [0.25, 0.3) is 0 Å². The van der Waals surface area contributed by atoms with E-state index in [2.05, 4.69) is 10.6 Å². The molecule has 1 saturated heterocycles. The van der Waals surface area contributed by atoms with Gasteiger partial charge in [-0.05, 0) is 31.6 Å². The zero-order valence-electron chi connectivity index (χ0n) is 19.8. The Morgan fingerprint density at radius 3 is 2.16 bits per heavy atom. The molecule has 3 atom stereocenters. The molecule has 2 N–H and O–H groups in total. The Hall–Kier alpha value is -2.25. The maximum Gasteiger partial charge on any atom is 0.243 e. The fourth-order valence-corrected chi connectivity index (χ4v) is 3.67. The lowest BCUT2D eigenvalue weighted by Crippen LogP contribution is -2.52. The lowest BCUT2D eigenvalue weighted by atomic mass is 9.94. The standard InChI is InChI=1S/C23H39N3O5/c1-7-18(27)16(6)24-22(30)21(15(4)5)25-19(28)11-9-8-10-12-26-20(29)13-17(14(2)3)23(26)31/h14-17,21H,7-13H2,1-6H3,(H,24,30)(H,25,28)/t16-,17?,21-/m0/s1. The predicted octanol–water partition coefficient (Wildman–Crippen LogP) is 2.20. The zero-order valence-corrected chi connectivity index (χ0v) is 19.8. The summed E-state index contributed by atoms with van der Waals surface area (Å²) in [5.74, 6) is -1.01. The van der Waals surface area contributed by atoms with Crippen molar-refractivity contribution in [1.29, 1.82) is 0 Å². The zero-order chi connectivity index (χ0) is 23.7. The first-order chi connectivity index (χ1) is 14.5. The van der Waals surface area contributed by atoms with Crippen LogP contribution in [0, 0.1) is 17.8 Å². The van der Waals surface area contributed by atoms with Crippen LogP contribution in [0.2, 0.25) is 0 Å². The third-order valence-electron chi connectivity index (χ3n) is 5.82. The van der Waals surface area contributed by atoms with Crippen molar-refractivity contribution in [3.8, 4) is 0 Å². The SMILES string of the molecule is CCC(=O)[C@H](C)NC(=O)[C@@H](NC(=O)CCCCCN1C(=O)CC(C(C)C)C1=O)C(C)C. The highest BCUT2D eigenvalue weighted by atomic mass is 16.2. The lowest BCUT2D eigenvalue weighted by molar-refractivity contribution is -0.139. The first kappa shape index (κ1) is 26.8. The fraction of sp³-hybridized carbons (Fsp3) is 0.783. The van der Waals surface area contributed by atoms with Gasteiger partial charge < -0.3 is 10.6 Å². The number of imide groups is 1. The van der Waals surface area contributed by atoms with Gasteiger partial charge in [0.2, 0.25) is 23.6 Å². The molecule has 0 saturated carbocycles. The molecule has 4 amide bonds. The Bertz CT molecular complexity index is 674. The quantitative estimate of drug-likeness (QED) is 0.339. The predicted molar refractivity (Wildman–Crippen MR) is 118 cm³/mol. The molecule has 1 fully saturated rings. The molecule has 1 heterocycles. The summed E-state index contributed by atoms with van der Waals surface area (Å²) in [7, 11) is 0. The first-order valence-corrected chi connectivity index (χ1v) is 11.5. The molecule has 176 valence electrons. The van der Waals surface area contributed by atoms with Crippen molar-refractivity contribution in [2.45, 2.75) is 92.2 Å². The molecule has 1 aliphatic heterocycles. The minimum Gasteiger partial charge on any atom is -0.345 e. The molecule has 1 rings (SSSR count). The van der Waals surface area contributed by atoms with Crippen LogP contribution in [-0.4, -0.2) is 52.9 Å². The van der Waals surface area contributed by atoms with Crippen molar-refractivity contribution >= 4 is 29.4 Å². The van der Waals surface area contributed by atoms with E-state index < -0.39 is 12.1 Å². The number of hydrogen-bond acceptors (Lipinski definition) is 5. The molecule has 0 aromatic carbocycles. The maximum absolute atomic E-state index is 12.5. The molecule has 0 aromatic rings. The highest BCUT2D eigenvalue weighted by molar-refractivity contribution is 6.03. The van der Waals surface area contributed by atoms with Crippen LogP contribution >= 0.6 is 0 Å². The summed E-state index contributed by atoms with van der Waals surface area (Å²) in [5, 5.41) is 5.43. The highest BCUT2D eigenvalue weighted by Crippen LogP contribution is 2.26. The molecule has 1 aliphatic rings. The molecule has 8 heteroatoms. The van der Waals surface area contributed by atoms with Gasteiger partial charge in [-0.1, -0.05) is 41.0 Å². The number of nitrogens with zero attached hydrogens (tertiary/aromatic N) is 1. The fourth-order valence-electron chi connectivity index (χ4n) is 3.67. The number of likely N-dealkylation sites (tertiary alicyclic amines) is 1. The van der Waals surface area contributed by atoms with E-state index in [0.29, 0.717) is 38.6 Å². The smallest absolute Gasteiger partial charge is 0.243 e. The average Bonchev–Trinajstić information content (AvgIpc) is 2.98. The van der Waals surface area contributed by atoms with Gasteiger partial charge in [0, 0.05) is 31.7 Å². The number of amides is 4. The summed E-state index contributed by atoms with van der Waals surface area (Å²) in [5.41, 5.74) is 0. The molecule has 0 bridgehead atoms. The van der Waals surface area contributed by atoms with E-state index in [1.54, 1.807) is 13.8 Å². The molecular weight excluding hydrogens is 398 g/mol. The number of carbonyl (C=O) groups excluding carboxylic acids is 5. The van der Waals surface area contributed by atoms with E-state index in [0.717, 1.165) is 0 Å². The van der Waals surface area contributed by atoms with E-state index in [9.17, 15) is 24.0 Å². The van der Waals surface area contributed by atoms with Gasteiger partial charge in [0.05, 0.1) is 6.04 Å². The summed E-state index contributed by atoms with van der Waals surface area (Å²) < 4.78 is 0. The number of ketones is 1. The van der Waals surface area contributed by atoms with Gasteiger partial charge in [0.1, 0.15) is 6.04 Å². The van der Waals surface area contributed by atoms with Crippen molar-refractivity contribution in [3.63, 3.8) is 0 Å². The van der Waals surface area contributed by atoms with Gasteiger partial charge in [-0.25, -0.2) is 0 Å². The van der Waals surface area contributed by atoms with Crippen LogP contribution in [0.4, 0.5) is 0 Å². The summed E-state index contributed by atoms with van der Waals surface area (Å²) >= 11 is 0. The third-order valence-corrected chi connectivity index (χ3v) is 5.82. The highest BCUT2D eigenvalue weighted by Gasteiger charge is 2.39. The van der Waals surface area contributed by atoms with E-state index in [1.165, 1.54) is 4.90 Å². The van der Waals surface area contributed by atoms with Gasteiger partial charge in [0.15, 0.2) is 5.78 Å². The van der Waals surface area contributed by atoms with E-state index in [1.807, 2.05) is 27.7 Å². The van der Waals surface area contributed by atoms with Gasteiger partial charge in [-0.2, -0.15) is 0 Å². The van der Waals surface area contributed by atoms with Crippen LogP contribution in [0.1, 0.15) is 80.1 Å². The monoisotopic (exact) mass is 437 g/mol. The van der Waals surface area contributed by atoms with Gasteiger partial charge >= 0.3 is 0 Å². The van der Waals surface area contributed by atoms with Gasteiger partial charge in [0.25, 0.3) is 0 Å². The normalized spacial score (nSPS) is 18.5. The van der Waals surface area contributed by atoms with Crippen molar-refractivity contribution in [2.75, 3.05) is 6.54 Å². The van der Waals surface area contributed by atoms with E-state index in [-0.39, 0.29) is 53.6 Å². The number of hydrogen-bond donors (Lipinski definition) is 2. The number of nitrogens with one attached hydrogen (secondary N) is 2. The Labute approximate surface area is 185 Å². The minimum absolute atomic E-state index is 0.0585. The van der Waals surface area contributed by atoms with Crippen LogP contribution in [0.3, 0.4) is 0 Å². The number of unbranched alkanes of at least 4 members (excludes halogenated alkanes) is 2. The Morgan fingerprint density at radius 2 is 1.65 bits per heavy atom. The third kappa shape index (κ3) is 8.07. The molecule has 0 radical (unpaired) electrons. The second-order valence-electron chi connectivity index (χ2n) is 9.09. The molecule has 0 aromatic heterocycles. The van der Waals surface area contributed by atoms with Gasteiger partial charge in [-0.3, -0.25) is 28.9 Å². The van der Waals surface area contributed by atoms with Crippen LogP contribution in [0.5, 0.6) is 0 Å². The van der Waals surface area contributed by atoms with Crippen LogP contribution in [-0.2, 0) is 24.0 Å². The minimum atomic E-state index is -0.701.